The summed E-state index contributed by atoms with van der Waals surface area (Å²) in [7, 11) is 3.27. The van der Waals surface area contributed by atoms with Gasteiger partial charge in [-0.05, 0) is 18.1 Å². The quantitative estimate of drug-likeness (QED) is 0.434. The zero-order valence-electron chi connectivity index (χ0n) is 23.0. The van der Waals surface area contributed by atoms with Gasteiger partial charge in [-0.1, -0.05) is 36.4 Å². The Kier molecular flexibility index (Phi) is 8.81. The number of hydrogen-bond donors (Lipinski definition) is 1. The molecule has 2 atom stereocenters. The molecule has 2 aliphatic rings. The number of hydrogen-bond acceptors (Lipinski definition) is 6. The van der Waals surface area contributed by atoms with E-state index < -0.39 is 11.6 Å². The third kappa shape index (κ3) is 6.54. The molecule has 0 unspecified atom stereocenters. The normalized spacial score (nSPS) is 19.6. The number of carbonyl (C=O) groups excluding carboxylic acids is 1. The van der Waals surface area contributed by atoms with Crippen LogP contribution in [-0.2, 0) is 17.9 Å². The Morgan fingerprint density at radius 1 is 0.925 bits per heavy atom. The average molecular weight is 551 g/mol. The first-order valence-electron chi connectivity index (χ1n) is 13.7. The summed E-state index contributed by atoms with van der Waals surface area (Å²) in [5, 5.41) is 3.41. The first-order valence-corrected chi connectivity index (χ1v) is 13.7. The lowest BCUT2D eigenvalue weighted by Gasteiger charge is -2.38. The Labute approximate surface area is 234 Å². The minimum Gasteiger partial charge on any atom is -0.497 e. The maximum Gasteiger partial charge on any atom is 0.240 e. The zero-order valence-corrected chi connectivity index (χ0v) is 23.0. The van der Waals surface area contributed by atoms with E-state index in [1.165, 1.54) is 12.1 Å². The fraction of sp³-hybridized carbons (Fsp3) is 0.387. The van der Waals surface area contributed by atoms with Crippen molar-refractivity contribution in [1.29, 1.82) is 0 Å². The average Bonchev–Trinajstić information content (AvgIpc) is 3.38. The van der Waals surface area contributed by atoms with Gasteiger partial charge in [-0.25, -0.2) is 8.78 Å². The van der Waals surface area contributed by atoms with Crippen LogP contribution in [0.15, 0.2) is 66.7 Å². The van der Waals surface area contributed by atoms with Gasteiger partial charge in [0.05, 0.1) is 20.3 Å². The number of methoxy groups -OCH3 is 2. The van der Waals surface area contributed by atoms with Crippen LogP contribution in [-0.4, -0.2) is 74.7 Å². The molecule has 0 saturated carbocycles. The van der Waals surface area contributed by atoms with Crippen LogP contribution in [0.2, 0.25) is 0 Å². The van der Waals surface area contributed by atoms with E-state index in [-0.39, 0.29) is 24.5 Å². The van der Waals surface area contributed by atoms with Gasteiger partial charge in [-0.15, -0.1) is 0 Å². The van der Waals surface area contributed by atoms with Crippen molar-refractivity contribution in [2.75, 3.05) is 51.8 Å². The van der Waals surface area contributed by atoms with E-state index in [4.69, 9.17) is 9.47 Å². The molecule has 9 heteroatoms. The summed E-state index contributed by atoms with van der Waals surface area (Å²) in [5.74, 6) is 0.429. The van der Waals surface area contributed by atoms with E-state index in [0.29, 0.717) is 51.3 Å². The maximum atomic E-state index is 14.2. The predicted octanol–water partition coefficient (Wildman–Crippen LogP) is 4.06. The summed E-state index contributed by atoms with van der Waals surface area (Å²) in [5.41, 5.74) is 2.56. The lowest BCUT2D eigenvalue weighted by atomic mass is 10.1. The molecule has 1 N–H and O–H groups in total. The summed E-state index contributed by atoms with van der Waals surface area (Å²) >= 11 is 0. The van der Waals surface area contributed by atoms with E-state index >= 15 is 0 Å². The SMILES string of the molecule is COc1cc(OC)cc(N2CCN(C(=O)[C@@H]3C[C@H](NCc4ccc(F)cc4F)CN3Cc3ccccc3)CC2)c1. The van der Waals surface area contributed by atoms with Crippen molar-refractivity contribution in [3.63, 3.8) is 0 Å². The highest BCUT2D eigenvalue weighted by Gasteiger charge is 2.39. The van der Waals surface area contributed by atoms with Crippen LogP contribution in [0.4, 0.5) is 14.5 Å². The first-order chi connectivity index (χ1) is 19.4. The number of nitrogens with zero attached hydrogens (tertiary/aromatic N) is 3. The van der Waals surface area contributed by atoms with Gasteiger partial charge in [0.15, 0.2) is 0 Å². The number of rotatable bonds is 9. The van der Waals surface area contributed by atoms with Gasteiger partial charge in [0.25, 0.3) is 0 Å². The van der Waals surface area contributed by atoms with Crippen molar-refractivity contribution in [2.24, 2.45) is 0 Å². The molecule has 0 radical (unpaired) electrons. The van der Waals surface area contributed by atoms with Gasteiger partial charge in [0.1, 0.15) is 23.1 Å². The Morgan fingerprint density at radius 2 is 1.62 bits per heavy atom. The van der Waals surface area contributed by atoms with E-state index in [2.05, 4.69) is 27.2 Å². The van der Waals surface area contributed by atoms with Crippen molar-refractivity contribution < 1.29 is 23.0 Å². The highest BCUT2D eigenvalue weighted by molar-refractivity contribution is 5.82. The molecule has 1 amide bonds. The molecule has 7 nitrogen and oxygen atoms in total. The number of piperazine rings is 1. The Morgan fingerprint density at radius 3 is 2.27 bits per heavy atom. The van der Waals surface area contributed by atoms with E-state index in [0.717, 1.165) is 28.8 Å². The highest BCUT2D eigenvalue weighted by atomic mass is 19.1. The highest BCUT2D eigenvalue weighted by Crippen LogP contribution is 2.30. The minimum absolute atomic E-state index is 0.00709. The van der Waals surface area contributed by atoms with Gasteiger partial charge in [0.2, 0.25) is 5.91 Å². The fourth-order valence-corrected chi connectivity index (χ4v) is 5.59. The van der Waals surface area contributed by atoms with Gasteiger partial charge >= 0.3 is 0 Å². The second kappa shape index (κ2) is 12.7. The van der Waals surface area contributed by atoms with Crippen LogP contribution in [0.25, 0.3) is 0 Å². The number of anilines is 1. The molecular weight excluding hydrogens is 514 g/mol. The number of carbonyl (C=O) groups is 1. The Balaban J connectivity index is 1.25. The maximum absolute atomic E-state index is 14.2. The second-order valence-electron chi connectivity index (χ2n) is 10.4. The molecule has 0 bridgehead atoms. The number of amides is 1. The molecule has 2 aliphatic heterocycles. The molecule has 2 heterocycles. The molecule has 2 saturated heterocycles. The minimum atomic E-state index is -0.590. The van der Waals surface area contributed by atoms with Crippen LogP contribution < -0.4 is 19.7 Å². The van der Waals surface area contributed by atoms with Crippen LogP contribution in [0.3, 0.4) is 0 Å². The number of halogens is 2. The van der Waals surface area contributed by atoms with E-state index in [1.807, 2.05) is 41.3 Å². The lowest BCUT2D eigenvalue weighted by molar-refractivity contribution is -0.136. The lowest BCUT2D eigenvalue weighted by Crippen LogP contribution is -2.53. The molecule has 0 aromatic heterocycles. The van der Waals surface area contributed by atoms with Crippen LogP contribution in [0, 0.1) is 11.6 Å². The largest absolute Gasteiger partial charge is 0.497 e. The summed E-state index contributed by atoms with van der Waals surface area (Å²) < 4.78 is 38.4. The van der Waals surface area contributed by atoms with Gasteiger partial charge < -0.3 is 24.6 Å². The Bertz CT molecular complexity index is 1280. The smallest absolute Gasteiger partial charge is 0.240 e. The first kappa shape index (κ1) is 27.9. The van der Waals surface area contributed by atoms with E-state index in [1.54, 1.807) is 14.2 Å². The summed E-state index contributed by atoms with van der Waals surface area (Å²) in [6.45, 7) is 4.25. The van der Waals surface area contributed by atoms with Crippen LogP contribution in [0.5, 0.6) is 11.5 Å². The number of ether oxygens (including phenoxy) is 2. The standard InChI is InChI=1S/C31H36F2N4O3/c1-39-27-16-26(17-28(18-27)40-2)35-10-12-36(13-11-35)31(38)30-15-25(21-37(30)20-22-6-4-3-5-7-22)34-19-23-8-9-24(32)14-29(23)33/h3-9,14,16-18,25,30,34H,10-13,15,19-21H2,1-2H3/t25-,30-/m0/s1. The molecule has 2 fully saturated rings. The monoisotopic (exact) mass is 550 g/mol. The molecule has 3 aromatic rings. The van der Waals surface area contributed by atoms with Gasteiger partial charge in [-0.2, -0.15) is 0 Å². The Hall–Kier alpha value is -3.69. The zero-order chi connectivity index (χ0) is 28.1. The van der Waals surface area contributed by atoms with Crippen molar-refractivity contribution in [3.8, 4) is 11.5 Å². The number of nitrogens with one attached hydrogen (secondary N) is 1. The molecule has 5 rings (SSSR count). The van der Waals surface area contributed by atoms with Gasteiger partial charge in [-0.3, -0.25) is 9.69 Å². The number of benzene rings is 3. The molecule has 0 spiro atoms. The van der Waals surface area contributed by atoms with Crippen molar-refractivity contribution >= 4 is 11.6 Å². The molecule has 3 aromatic carbocycles. The topological polar surface area (TPSA) is 57.3 Å². The van der Waals surface area contributed by atoms with Crippen LogP contribution in [0.1, 0.15) is 17.5 Å². The summed E-state index contributed by atoms with van der Waals surface area (Å²) in [6.07, 6.45) is 0.627. The summed E-state index contributed by atoms with van der Waals surface area (Å²) in [4.78, 5) is 20.3. The van der Waals surface area contributed by atoms with Crippen LogP contribution >= 0.6 is 0 Å². The third-order valence-electron chi connectivity index (χ3n) is 7.81. The molecular formula is C31H36F2N4O3. The van der Waals surface area contributed by atoms with Gasteiger partial charge in [0, 0.05) is 87.4 Å². The molecule has 40 heavy (non-hydrogen) atoms. The van der Waals surface area contributed by atoms with E-state index in [9.17, 15) is 13.6 Å². The molecule has 0 aliphatic carbocycles. The summed E-state index contributed by atoms with van der Waals surface area (Å²) in [6, 6.07) is 19.3. The predicted molar refractivity (Wildman–Crippen MR) is 151 cm³/mol. The second-order valence-corrected chi connectivity index (χ2v) is 10.4. The van der Waals surface area contributed by atoms with Crippen molar-refractivity contribution in [1.82, 2.24) is 15.1 Å². The number of likely N-dealkylation sites (tertiary alicyclic amines) is 1. The molecule has 212 valence electrons. The fourth-order valence-electron chi connectivity index (χ4n) is 5.59. The van der Waals surface area contributed by atoms with Crippen molar-refractivity contribution in [3.05, 3.63) is 89.5 Å². The van der Waals surface area contributed by atoms with Crippen molar-refractivity contribution in [2.45, 2.75) is 31.6 Å². The third-order valence-corrected chi connectivity index (χ3v) is 7.81.